The number of aryl methyl sites for hydroxylation is 2. The molecule has 6 nitrogen and oxygen atoms in total. The summed E-state index contributed by atoms with van der Waals surface area (Å²) >= 11 is 0. The van der Waals surface area contributed by atoms with E-state index in [1.807, 2.05) is 6.92 Å². The Bertz CT molecular complexity index is 591. The van der Waals surface area contributed by atoms with Crippen molar-refractivity contribution >= 4 is 11.8 Å². The van der Waals surface area contributed by atoms with Crippen molar-refractivity contribution in [2.24, 2.45) is 0 Å². The lowest BCUT2D eigenvalue weighted by Crippen LogP contribution is -2.40. The minimum atomic E-state index is -0.0892. The van der Waals surface area contributed by atoms with Crippen molar-refractivity contribution in [2.75, 3.05) is 26.2 Å². The minimum absolute atomic E-state index is 0.00802. The fourth-order valence-electron chi connectivity index (χ4n) is 3.25. The molecule has 1 saturated heterocycles. The lowest BCUT2D eigenvalue weighted by Gasteiger charge is -2.25. The molecule has 146 valence electrons. The second-order valence-electron chi connectivity index (χ2n) is 7.02. The van der Waals surface area contributed by atoms with Gasteiger partial charge in [-0.1, -0.05) is 19.8 Å². The Balaban J connectivity index is 1.93. The second-order valence-corrected chi connectivity index (χ2v) is 7.02. The molecule has 1 aliphatic rings. The van der Waals surface area contributed by atoms with Gasteiger partial charge < -0.3 is 19.4 Å². The maximum Gasteiger partial charge on any atom is 0.257 e. The van der Waals surface area contributed by atoms with E-state index >= 15 is 0 Å². The number of ether oxygens (including phenoxy) is 1. The Labute approximate surface area is 156 Å². The van der Waals surface area contributed by atoms with Gasteiger partial charge in [0.15, 0.2) is 0 Å². The average Bonchev–Trinajstić information content (AvgIpc) is 3.24. The highest BCUT2D eigenvalue weighted by Crippen LogP contribution is 2.19. The van der Waals surface area contributed by atoms with Crippen LogP contribution in [-0.2, 0) is 9.53 Å². The van der Waals surface area contributed by atoms with E-state index in [4.69, 9.17) is 9.15 Å². The van der Waals surface area contributed by atoms with Crippen LogP contribution < -0.4 is 5.32 Å². The first kappa shape index (κ1) is 20.5. The third-order valence-corrected chi connectivity index (χ3v) is 4.72. The summed E-state index contributed by atoms with van der Waals surface area (Å²) in [6.45, 7) is 8.12. The van der Waals surface area contributed by atoms with Crippen LogP contribution in [0.25, 0.3) is 0 Å². The summed E-state index contributed by atoms with van der Waals surface area (Å²) in [5.41, 5.74) is 0.573. The van der Waals surface area contributed by atoms with Gasteiger partial charge in [-0.2, -0.15) is 0 Å². The lowest BCUT2D eigenvalue weighted by atomic mass is 10.1. The molecule has 0 aromatic carbocycles. The van der Waals surface area contributed by atoms with Crippen LogP contribution in [0.15, 0.2) is 10.5 Å². The molecule has 6 heteroatoms. The zero-order valence-corrected chi connectivity index (χ0v) is 16.3. The summed E-state index contributed by atoms with van der Waals surface area (Å²) in [5, 5.41) is 2.93. The number of furan rings is 1. The van der Waals surface area contributed by atoms with Crippen molar-refractivity contribution in [3.8, 4) is 0 Å². The van der Waals surface area contributed by atoms with Crippen LogP contribution in [0.1, 0.15) is 67.3 Å². The van der Waals surface area contributed by atoms with Crippen LogP contribution in [0.3, 0.4) is 0 Å². The van der Waals surface area contributed by atoms with Gasteiger partial charge in [0.05, 0.1) is 11.7 Å². The number of rotatable bonds is 10. The molecule has 1 fully saturated rings. The first-order valence-electron chi connectivity index (χ1n) is 9.75. The summed E-state index contributed by atoms with van der Waals surface area (Å²) in [4.78, 5) is 26.8. The number of amides is 2. The van der Waals surface area contributed by atoms with E-state index in [1.165, 1.54) is 0 Å². The molecule has 0 unspecified atom stereocenters. The Morgan fingerprint density at radius 1 is 1.31 bits per heavy atom. The molecule has 26 heavy (non-hydrogen) atoms. The predicted octanol–water partition coefficient (Wildman–Crippen LogP) is 3.21. The normalized spacial score (nSPS) is 16.7. The molecule has 1 atom stereocenters. The van der Waals surface area contributed by atoms with Crippen LogP contribution in [0.2, 0.25) is 0 Å². The highest BCUT2D eigenvalue weighted by molar-refractivity contribution is 5.95. The number of hydrogen-bond donors (Lipinski definition) is 1. The molecular formula is C20H32N2O4. The molecular weight excluding hydrogens is 332 g/mol. The van der Waals surface area contributed by atoms with Crippen molar-refractivity contribution in [2.45, 2.75) is 65.4 Å². The summed E-state index contributed by atoms with van der Waals surface area (Å²) in [6, 6.07) is 1.77. The van der Waals surface area contributed by atoms with Gasteiger partial charge in [-0.15, -0.1) is 0 Å². The van der Waals surface area contributed by atoms with Gasteiger partial charge in [0.25, 0.3) is 5.91 Å². The third-order valence-electron chi connectivity index (χ3n) is 4.72. The number of nitrogens with zero attached hydrogens (tertiary/aromatic N) is 1. The van der Waals surface area contributed by atoms with Crippen molar-refractivity contribution in [1.29, 1.82) is 0 Å². The largest absolute Gasteiger partial charge is 0.466 e. The molecule has 1 aliphatic heterocycles. The number of unbranched alkanes of at least 4 members (excludes halogenated alkanes) is 2. The fraction of sp³-hybridized carbons (Fsp3) is 0.700. The summed E-state index contributed by atoms with van der Waals surface area (Å²) < 4.78 is 11.2. The zero-order valence-electron chi connectivity index (χ0n) is 16.3. The summed E-state index contributed by atoms with van der Waals surface area (Å²) in [7, 11) is 0. The maximum absolute atomic E-state index is 13.0. The Morgan fingerprint density at radius 2 is 2.12 bits per heavy atom. The van der Waals surface area contributed by atoms with E-state index in [-0.39, 0.29) is 17.9 Å². The van der Waals surface area contributed by atoms with Gasteiger partial charge in [0.2, 0.25) is 5.91 Å². The van der Waals surface area contributed by atoms with E-state index in [2.05, 4.69) is 12.2 Å². The molecule has 1 aromatic heterocycles. The zero-order chi connectivity index (χ0) is 18.9. The number of nitrogens with one attached hydrogen (secondary N) is 1. The Kier molecular flexibility index (Phi) is 8.16. The molecule has 0 spiro atoms. The van der Waals surface area contributed by atoms with Crippen molar-refractivity contribution < 1.29 is 18.7 Å². The van der Waals surface area contributed by atoms with Gasteiger partial charge in [-0.3, -0.25) is 9.59 Å². The fourth-order valence-corrected chi connectivity index (χ4v) is 3.25. The van der Waals surface area contributed by atoms with Crippen molar-refractivity contribution in [3.63, 3.8) is 0 Å². The SMILES string of the molecule is CCCCCNC(=O)CCN(C[C@@H]1CCCO1)C(=O)c1cc(C)oc1C. The third kappa shape index (κ3) is 6.16. The predicted molar refractivity (Wildman–Crippen MR) is 100 cm³/mol. The monoisotopic (exact) mass is 364 g/mol. The summed E-state index contributed by atoms with van der Waals surface area (Å²) in [5.74, 6) is 1.24. The van der Waals surface area contributed by atoms with E-state index in [1.54, 1.807) is 17.9 Å². The first-order valence-corrected chi connectivity index (χ1v) is 9.75. The Hall–Kier alpha value is -1.82. The molecule has 1 N–H and O–H groups in total. The average molecular weight is 364 g/mol. The second kappa shape index (κ2) is 10.4. The van der Waals surface area contributed by atoms with Crippen LogP contribution in [0, 0.1) is 13.8 Å². The van der Waals surface area contributed by atoms with Crippen LogP contribution >= 0.6 is 0 Å². The topological polar surface area (TPSA) is 71.8 Å². The number of carbonyl (C=O) groups is 2. The van der Waals surface area contributed by atoms with Gasteiger partial charge in [-0.25, -0.2) is 0 Å². The number of carbonyl (C=O) groups excluding carboxylic acids is 2. The van der Waals surface area contributed by atoms with Gasteiger partial charge in [0.1, 0.15) is 11.5 Å². The molecule has 2 rings (SSSR count). The van der Waals surface area contributed by atoms with Crippen LogP contribution in [0.4, 0.5) is 0 Å². The Morgan fingerprint density at radius 3 is 2.73 bits per heavy atom. The van der Waals surface area contributed by atoms with Gasteiger partial charge >= 0.3 is 0 Å². The van der Waals surface area contributed by atoms with Crippen LogP contribution in [-0.4, -0.2) is 49.1 Å². The van der Waals surface area contributed by atoms with Crippen molar-refractivity contribution in [3.05, 3.63) is 23.2 Å². The van der Waals surface area contributed by atoms with E-state index in [0.717, 1.165) is 44.5 Å². The molecule has 0 radical (unpaired) electrons. The van der Waals surface area contributed by atoms with Gasteiger partial charge in [0, 0.05) is 32.7 Å². The van der Waals surface area contributed by atoms with Crippen molar-refractivity contribution in [1.82, 2.24) is 10.2 Å². The van der Waals surface area contributed by atoms with E-state index < -0.39 is 0 Å². The highest BCUT2D eigenvalue weighted by Gasteiger charge is 2.26. The van der Waals surface area contributed by atoms with E-state index in [9.17, 15) is 9.59 Å². The van der Waals surface area contributed by atoms with Gasteiger partial charge in [-0.05, 0) is 39.2 Å². The smallest absolute Gasteiger partial charge is 0.257 e. The molecule has 2 heterocycles. The molecule has 0 aliphatic carbocycles. The summed E-state index contributed by atoms with van der Waals surface area (Å²) in [6.07, 6.45) is 5.57. The number of hydrogen-bond acceptors (Lipinski definition) is 4. The quantitative estimate of drug-likeness (QED) is 0.647. The molecule has 2 amide bonds. The van der Waals surface area contributed by atoms with Crippen LogP contribution in [0.5, 0.6) is 0 Å². The maximum atomic E-state index is 13.0. The molecule has 1 aromatic rings. The van der Waals surface area contributed by atoms with E-state index in [0.29, 0.717) is 37.4 Å². The lowest BCUT2D eigenvalue weighted by molar-refractivity contribution is -0.121. The highest BCUT2D eigenvalue weighted by atomic mass is 16.5. The first-order chi connectivity index (χ1) is 12.5. The standard InChI is InChI=1S/C20H32N2O4/c1-4-5-6-10-21-19(23)9-11-22(14-17-8-7-12-25-17)20(24)18-13-15(2)26-16(18)3/h13,17H,4-12,14H2,1-3H3,(H,21,23)/t17-/m0/s1. The minimum Gasteiger partial charge on any atom is -0.466 e. The molecule has 0 saturated carbocycles. The molecule has 0 bridgehead atoms.